The van der Waals surface area contributed by atoms with Crippen LogP contribution in [0.3, 0.4) is 0 Å². The van der Waals surface area contributed by atoms with Crippen LogP contribution < -0.4 is 0 Å². The van der Waals surface area contributed by atoms with E-state index in [-0.39, 0.29) is 6.61 Å². The van der Waals surface area contributed by atoms with E-state index < -0.39 is 17.8 Å². The Bertz CT molecular complexity index is 524. The van der Waals surface area contributed by atoms with Crippen molar-refractivity contribution in [1.82, 2.24) is 4.98 Å². The second kappa shape index (κ2) is 6.97. The maximum atomic E-state index is 11.3. The van der Waals surface area contributed by atoms with Crippen LogP contribution >= 0.6 is 0 Å². The first-order valence-electron chi connectivity index (χ1n) is 5.18. The van der Waals surface area contributed by atoms with Crippen LogP contribution in [0.1, 0.15) is 12.6 Å². The third kappa shape index (κ3) is 3.83. The van der Waals surface area contributed by atoms with E-state index >= 15 is 0 Å². The lowest BCUT2D eigenvalue weighted by Gasteiger charge is -1.98. The molecular weight excluding hydrogens is 234 g/mol. The van der Waals surface area contributed by atoms with E-state index in [1.54, 1.807) is 31.3 Å². The lowest BCUT2D eigenvalue weighted by atomic mass is 10.2. The van der Waals surface area contributed by atoms with Gasteiger partial charge in [-0.15, -0.1) is 0 Å². The van der Waals surface area contributed by atoms with Gasteiger partial charge < -0.3 is 15.4 Å². The predicted octanol–water partition coefficient (Wildman–Crippen LogP) is 0.0279. The van der Waals surface area contributed by atoms with Crippen molar-refractivity contribution in [3.8, 4) is 11.8 Å². The van der Waals surface area contributed by atoms with Crippen molar-refractivity contribution in [2.24, 2.45) is 0 Å². The largest absolute Gasteiger partial charge is 0.457 e. The number of aromatic nitrogens is 1. The van der Waals surface area contributed by atoms with Crippen LogP contribution in [-0.4, -0.2) is 39.3 Å². The molecule has 1 rings (SSSR count). The SMILES string of the molecule is CCOC(=O)C(=[N+]=[N-])C(O)C#Cc1ccccn1. The molecule has 1 unspecified atom stereocenters. The van der Waals surface area contributed by atoms with E-state index in [1.165, 1.54) is 0 Å². The Labute approximate surface area is 104 Å². The van der Waals surface area contributed by atoms with Crippen molar-refractivity contribution in [3.05, 3.63) is 35.6 Å². The van der Waals surface area contributed by atoms with Gasteiger partial charge in [0.25, 0.3) is 0 Å². The molecule has 0 aliphatic rings. The first kappa shape index (κ1) is 13.6. The molecule has 0 bridgehead atoms. The molecule has 0 saturated heterocycles. The number of carbonyl (C=O) groups is 1. The number of esters is 1. The molecule has 1 N–H and O–H groups in total. The van der Waals surface area contributed by atoms with Crippen molar-refractivity contribution in [1.29, 1.82) is 0 Å². The molecule has 1 heterocycles. The first-order chi connectivity index (χ1) is 8.69. The zero-order valence-corrected chi connectivity index (χ0v) is 9.70. The molecule has 0 saturated carbocycles. The smallest absolute Gasteiger partial charge is 0.421 e. The van der Waals surface area contributed by atoms with E-state index in [1.807, 2.05) is 0 Å². The highest BCUT2D eigenvalue weighted by Crippen LogP contribution is 1.92. The second-order valence-corrected chi connectivity index (χ2v) is 3.09. The molecule has 1 aromatic rings. The Balaban J connectivity index is 2.82. The number of carbonyl (C=O) groups excluding carboxylic acids is 1. The van der Waals surface area contributed by atoms with Crippen LogP contribution in [-0.2, 0) is 9.53 Å². The molecule has 0 aliphatic carbocycles. The summed E-state index contributed by atoms with van der Waals surface area (Å²) in [4.78, 5) is 17.9. The highest BCUT2D eigenvalue weighted by molar-refractivity contribution is 6.36. The zero-order chi connectivity index (χ0) is 13.4. The number of pyridine rings is 1. The number of rotatable bonds is 3. The molecule has 1 atom stereocenters. The number of hydrogen-bond donors (Lipinski definition) is 1. The molecule has 6 nitrogen and oxygen atoms in total. The molecule has 0 fully saturated rings. The van der Waals surface area contributed by atoms with Crippen molar-refractivity contribution < 1.29 is 19.4 Å². The van der Waals surface area contributed by atoms with Gasteiger partial charge in [-0.1, -0.05) is 12.0 Å². The highest BCUT2D eigenvalue weighted by Gasteiger charge is 2.29. The predicted molar refractivity (Wildman–Crippen MR) is 62.4 cm³/mol. The molecule has 92 valence electrons. The lowest BCUT2D eigenvalue weighted by molar-refractivity contribution is -0.140. The van der Waals surface area contributed by atoms with Crippen molar-refractivity contribution in [3.63, 3.8) is 0 Å². The van der Waals surface area contributed by atoms with E-state index in [9.17, 15) is 9.90 Å². The number of ether oxygens (including phenoxy) is 1. The molecule has 0 radical (unpaired) electrons. The number of nitrogens with zero attached hydrogens (tertiary/aromatic N) is 3. The number of aliphatic hydroxyl groups is 1. The average molecular weight is 245 g/mol. The molecular formula is C12H11N3O3. The maximum absolute atomic E-state index is 11.3. The molecule has 0 spiro atoms. The van der Waals surface area contributed by atoms with Crippen LogP contribution in [0, 0.1) is 11.8 Å². The van der Waals surface area contributed by atoms with Gasteiger partial charge in [-0.2, -0.15) is 4.79 Å². The Kier molecular flexibility index (Phi) is 5.26. The van der Waals surface area contributed by atoms with Gasteiger partial charge in [-0.05, 0) is 25.0 Å². The van der Waals surface area contributed by atoms with Crippen LogP contribution in [0.4, 0.5) is 0 Å². The molecule has 0 aliphatic heterocycles. The minimum atomic E-state index is -1.53. The number of hydrogen-bond acceptors (Lipinski definition) is 4. The summed E-state index contributed by atoms with van der Waals surface area (Å²) < 4.78 is 4.59. The molecule has 6 heteroatoms. The zero-order valence-electron chi connectivity index (χ0n) is 9.70. The summed E-state index contributed by atoms with van der Waals surface area (Å²) >= 11 is 0. The summed E-state index contributed by atoms with van der Waals surface area (Å²) in [5.74, 6) is 3.97. The monoisotopic (exact) mass is 245 g/mol. The van der Waals surface area contributed by atoms with Crippen LogP contribution in [0.5, 0.6) is 0 Å². The summed E-state index contributed by atoms with van der Waals surface area (Å²) in [5, 5.41) is 9.57. The first-order valence-corrected chi connectivity index (χ1v) is 5.18. The number of aliphatic hydroxyl groups excluding tert-OH is 1. The fraction of sp³-hybridized carbons (Fsp3) is 0.250. The lowest BCUT2D eigenvalue weighted by Crippen LogP contribution is -2.30. The van der Waals surface area contributed by atoms with Gasteiger partial charge >= 0.3 is 11.7 Å². The summed E-state index contributed by atoms with van der Waals surface area (Å²) in [6.45, 7) is 1.71. The van der Waals surface area contributed by atoms with E-state index in [0.717, 1.165) is 0 Å². The van der Waals surface area contributed by atoms with Gasteiger partial charge in [0, 0.05) is 6.20 Å². The molecule has 0 aromatic carbocycles. The summed E-state index contributed by atoms with van der Waals surface area (Å²) in [6, 6.07) is 5.09. The Morgan fingerprint density at radius 1 is 1.67 bits per heavy atom. The minimum Gasteiger partial charge on any atom is -0.457 e. The van der Waals surface area contributed by atoms with Crippen LogP contribution in [0.2, 0.25) is 0 Å². The average Bonchev–Trinajstić information content (AvgIpc) is 2.39. The third-order valence-electron chi connectivity index (χ3n) is 1.85. The molecule has 0 amide bonds. The molecule has 1 aromatic heterocycles. The normalized spacial score (nSPS) is 10.6. The third-order valence-corrected chi connectivity index (χ3v) is 1.85. The van der Waals surface area contributed by atoms with Crippen LogP contribution in [0.15, 0.2) is 24.4 Å². The topological polar surface area (TPSA) is 95.8 Å². The van der Waals surface area contributed by atoms with Crippen molar-refractivity contribution >= 4 is 11.7 Å². The maximum Gasteiger partial charge on any atom is 0.421 e. The van der Waals surface area contributed by atoms with Gasteiger partial charge in [0.05, 0.1) is 6.61 Å². The quantitative estimate of drug-likeness (QED) is 0.267. The van der Waals surface area contributed by atoms with Gasteiger partial charge in [0.2, 0.25) is 6.10 Å². The van der Waals surface area contributed by atoms with Crippen molar-refractivity contribution in [2.45, 2.75) is 13.0 Å². The summed E-state index contributed by atoms with van der Waals surface area (Å²) in [7, 11) is 0. The van der Waals surface area contributed by atoms with Gasteiger partial charge in [0.15, 0.2) is 0 Å². The van der Waals surface area contributed by atoms with Crippen LogP contribution in [0.25, 0.3) is 5.53 Å². The highest BCUT2D eigenvalue weighted by atomic mass is 16.5. The fourth-order valence-corrected chi connectivity index (χ4v) is 1.06. The molecule has 18 heavy (non-hydrogen) atoms. The van der Waals surface area contributed by atoms with Gasteiger partial charge in [-0.3, -0.25) is 0 Å². The van der Waals surface area contributed by atoms with Gasteiger partial charge in [0.1, 0.15) is 5.69 Å². The second-order valence-electron chi connectivity index (χ2n) is 3.09. The Morgan fingerprint density at radius 3 is 3.00 bits per heavy atom. The van der Waals surface area contributed by atoms with Gasteiger partial charge in [-0.25, -0.2) is 9.78 Å². The standard InChI is InChI=1S/C12H11N3O3/c1-2-18-12(17)11(15-13)10(16)7-6-9-5-3-4-8-14-9/h3-5,8,10,16H,2H2,1H3. The Morgan fingerprint density at radius 2 is 2.44 bits per heavy atom. The van der Waals surface area contributed by atoms with E-state index in [0.29, 0.717) is 5.69 Å². The van der Waals surface area contributed by atoms with Crippen molar-refractivity contribution in [2.75, 3.05) is 6.61 Å². The fourth-order valence-electron chi connectivity index (χ4n) is 1.06. The van der Waals surface area contributed by atoms with E-state index in [4.69, 9.17) is 5.53 Å². The summed E-state index contributed by atoms with van der Waals surface area (Å²) in [5.41, 5.74) is 8.51. The van der Waals surface area contributed by atoms with E-state index in [2.05, 4.69) is 26.4 Å². The minimum absolute atomic E-state index is 0.109. The summed E-state index contributed by atoms with van der Waals surface area (Å²) in [6.07, 6.45) is 0.0130. The Hall–Kier alpha value is -2.48.